The summed E-state index contributed by atoms with van der Waals surface area (Å²) < 4.78 is 0. The van der Waals surface area contributed by atoms with Crippen LogP contribution in [0.5, 0.6) is 0 Å². The Morgan fingerprint density at radius 1 is 1.15 bits per heavy atom. The number of hydrogen-bond acceptors (Lipinski definition) is 5. The van der Waals surface area contributed by atoms with Crippen molar-refractivity contribution in [3.8, 4) is 0 Å². The van der Waals surface area contributed by atoms with E-state index >= 15 is 0 Å². The highest BCUT2D eigenvalue weighted by Gasteiger charge is 2.39. The van der Waals surface area contributed by atoms with Gasteiger partial charge < -0.3 is 5.32 Å². The van der Waals surface area contributed by atoms with Gasteiger partial charge in [-0.1, -0.05) is 42.1 Å². The first-order valence-corrected chi connectivity index (χ1v) is 9.61. The van der Waals surface area contributed by atoms with E-state index in [9.17, 15) is 9.59 Å². The van der Waals surface area contributed by atoms with E-state index in [0.29, 0.717) is 11.0 Å². The van der Waals surface area contributed by atoms with Crippen molar-refractivity contribution in [3.63, 3.8) is 0 Å². The van der Waals surface area contributed by atoms with Crippen LogP contribution < -0.4 is 5.32 Å². The Labute approximate surface area is 161 Å². The number of carbonyl (C=O) groups excluding carboxylic acids is 2. The molecule has 1 unspecified atom stereocenters. The molecule has 0 spiro atoms. The van der Waals surface area contributed by atoms with Crippen LogP contribution in [0.2, 0.25) is 0 Å². The third-order valence-corrected chi connectivity index (χ3v) is 5.46. The van der Waals surface area contributed by atoms with E-state index in [-0.39, 0.29) is 17.6 Å². The van der Waals surface area contributed by atoms with Crippen LogP contribution in [0.1, 0.15) is 18.1 Å². The normalized spacial score (nSPS) is 17.8. The number of benzene rings is 2. The molecule has 2 aliphatic rings. The quantitative estimate of drug-likeness (QED) is 0.889. The summed E-state index contributed by atoms with van der Waals surface area (Å²) in [6, 6.07) is 14.8. The molecular weight excluding hydrogens is 360 g/mol. The van der Waals surface area contributed by atoms with Gasteiger partial charge in [-0.25, -0.2) is 4.99 Å². The van der Waals surface area contributed by atoms with Crippen molar-refractivity contribution < 1.29 is 9.59 Å². The molecule has 0 saturated heterocycles. The molecule has 0 saturated carbocycles. The average molecular weight is 378 g/mol. The minimum atomic E-state index is -0.418. The van der Waals surface area contributed by atoms with Gasteiger partial charge in [0.05, 0.1) is 11.4 Å². The van der Waals surface area contributed by atoms with Crippen molar-refractivity contribution >= 4 is 46.0 Å². The Kier molecular flexibility index (Phi) is 4.53. The van der Waals surface area contributed by atoms with E-state index in [1.165, 1.54) is 11.8 Å². The molecule has 0 bridgehead atoms. The fourth-order valence-corrected chi connectivity index (χ4v) is 3.92. The smallest absolute Gasteiger partial charge is 0.270 e. The number of aliphatic imine (C=N–C) groups is 2. The Balaban J connectivity index is 1.54. The summed E-state index contributed by atoms with van der Waals surface area (Å²) in [5, 5.41) is 3.53. The maximum atomic E-state index is 12.4. The molecule has 0 fully saturated rings. The number of rotatable bonds is 3. The molecule has 2 aliphatic heterocycles. The molecular formula is C20H18N4O2S. The van der Waals surface area contributed by atoms with E-state index in [2.05, 4.69) is 15.3 Å². The summed E-state index contributed by atoms with van der Waals surface area (Å²) in [6.45, 7) is 3.75. The maximum absolute atomic E-state index is 12.4. The number of amidine groups is 2. The van der Waals surface area contributed by atoms with Crippen molar-refractivity contribution in [3.05, 3.63) is 59.7 Å². The fourth-order valence-electron chi connectivity index (χ4n) is 3.04. The maximum Gasteiger partial charge on any atom is 0.270 e. The zero-order valence-corrected chi connectivity index (χ0v) is 15.8. The van der Waals surface area contributed by atoms with Crippen LogP contribution in [0.25, 0.3) is 0 Å². The van der Waals surface area contributed by atoms with E-state index in [4.69, 9.17) is 0 Å². The number of para-hydroxylation sites is 2. The molecule has 0 aliphatic carbocycles. The minimum absolute atomic E-state index is 0.118. The number of hydrogen-bond donors (Lipinski definition) is 1. The zero-order valence-electron chi connectivity index (χ0n) is 15.0. The van der Waals surface area contributed by atoms with Crippen LogP contribution in [0, 0.1) is 6.92 Å². The Bertz CT molecular complexity index is 999. The lowest BCUT2D eigenvalue weighted by Crippen LogP contribution is -2.42. The molecule has 2 aromatic carbocycles. The molecule has 2 heterocycles. The van der Waals surface area contributed by atoms with Gasteiger partial charge in [0.1, 0.15) is 11.9 Å². The van der Waals surface area contributed by atoms with Crippen molar-refractivity contribution in [2.45, 2.75) is 19.9 Å². The first-order valence-electron chi connectivity index (χ1n) is 8.63. The van der Waals surface area contributed by atoms with Crippen LogP contribution >= 0.6 is 11.8 Å². The van der Waals surface area contributed by atoms with Crippen molar-refractivity contribution in [1.29, 1.82) is 0 Å². The lowest BCUT2D eigenvalue weighted by Gasteiger charge is -2.29. The molecule has 0 radical (unpaired) electrons. The second kappa shape index (κ2) is 7.00. The highest BCUT2D eigenvalue weighted by atomic mass is 32.2. The first-order chi connectivity index (χ1) is 13.0. The van der Waals surface area contributed by atoms with Crippen LogP contribution in [0.3, 0.4) is 0 Å². The number of aryl methyl sites for hydroxylation is 1. The number of thioether (sulfide) groups is 1. The van der Waals surface area contributed by atoms with Crippen LogP contribution in [0.15, 0.2) is 58.5 Å². The van der Waals surface area contributed by atoms with Gasteiger partial charge in [-0.2, -0.15) is 4.99 Å². The molecule has 2 amide bonds. The predicted octanol–water partition coefficient (Wildman–Crippen LogP) is 3.35. The summed E-state index contributed by atoms with van der Waals surface area (Å²) in [6.07, 6.45) is 0. The standard InChI is InChI=1S/C20H18N4O2S/c1-12-7-3-5-9-15(12)21-17(25)11-27-20-22-16-10-6-4-8-14(16)18-23-19(26)13(2)24(18)20/h3-10,13H,11H2,1-2H3,(H,21,25). The molecule has 6 nitrogen and oxygen atoms in total. The van der Waals surface area contributed by atoms with Crippen molar-refractivity contribution in [1.82, 2.24) is 4.90 Å². The number of nitrogens with one attached hydrogen (secondary N) is 1. The highest BCUT2D eigenvalue weighted by molar-refractivity contribution is 8.14. The zero-order chi connectivity index (χ0) is 19.0. The average Bonchev–Trinajstić information content (AvgIpc) is 2.97. The lowest BCUT2D eigenvalue weighted by molar-refractivity contribution is -0.119. The molecule has 1 atom stereocenters. The fraction of sp³-hybridized carbons (Fsp3) is 0.200. The molecule has 4 rings (SSSR count). The number of carbonyl (C=O) groups is 2. The van der Waals surface area contributed by atoms with E-state index in [0.717, 1.165) is 22.5 Å². The second-order valence-corrected chi connectivity index (χ2v) is 7.33. The molecule has 2 aromatic rings. The van der Waals surface area contributed by atoms with E-state index in [1.54, 1.807) is 6.92 Å². The van der Waals surface area contributed by atoms with Gasteiger partial charge in [0.2, 0.25) is 5.91 Å². The van der Waals surface area contributed by atoms with Gasteiger partial charge >= 0.3 is 0 Å². The Morgan fingerprint density at radius 2 is 1.89 bits per heavy atom. The van der Waals surface area contributed by atoms with E-state index in [1.807, 2.05) is 60.4 Å². The molecule has 0 aromatic heterocycles. The summed E-state index contributed by atoms with van der Waals surface area (Å²) in [7, 11) is 0. The number of anilines is 1. The third kappa shape index (κ3) is 3.26. The number of amides is 2. The van der Waals surface area contributed by atoms with Gasteiger partial charge in [0, 0.05) is 11.3 Å². The minimum Gasteiger partial charge on any atom is -0.325 e. The largest absolute Gasteiger partial charge is 0.325 e. The van der Waals surface area contributed by atoms with Crippen molar-refractivity contribution in [2.24, 2.45) is 9.98 Å². The first kappa shape index (κ1) is 17.5. The third-order valence-electron chi connectivity index (χ3n) is 4.51. The van der Waals surface area contributed by atoms with Crippen molar-refractivity contribution in [2.75, 3.05) is 11.1 Å². The van der Waals surface area contributed by atoms with Gasteiger partial charge in [0.15, 0.2) is 5.17 Å². The Hall–Kier alpha value is -2.93. The summed E-state index contributed by atoms with van der Waals surface area (Å²) in [5.74, 6) is 0.492. The molecule has 7 heteroatoms. The SMILES string of the molecule is Cc1ccccc1NC(=O)CSC1=Nc2ccccc2C2=NC(=O)C(C)N12. The number of fused-ring (bicyclic) bond motifs is 3. The van der Waals surface area contributed by atoms with Crippen LogP contribution in [-0.4, -0.2) is 39.5 Å². The predicted molar refractivity (Wildman–Crippen MR) is 109 cm³/mol. The number of nitrogens with zero attached hydrogens (tertiary/aromatic N) is 3. The summed E-state index contributed by atoms with van der Waals surface area (Å²) >= 11 is 1.31. The summed E-state index contributed by atoms with van der Waals surface area (Å²) in [4.78, 5) is 35.2. The highest BCUT2D eigenvalue weighted by Crippen LogP contribution is 2.33. The van der Waals surface area contributed by atoms with Crippen LogP contribution in [0.4, 0.5) is 11.4 Å². The van der Waals surface area contributed by atoms with Gasteiger partial charge in [-0.3, -0.25) is 14.5 Å². The van der Waals surface area contributed by atoms with Gasteiger partial charge in [-0.15, -0.1) is 0 Å². The Morgan fingerprint density at radius 3 is 2.70 bits per heavy atom. The monoisotopic (exact) mass is 378 g/mol. The topological polar surface area (TPSA) is 74.1 Å². The summed E-state index contributed by atoms with van der Waals surface area (Å²) in [5.41, 5.74) is 3.40. The van der Waals surface area contributed by atoms with Gasteiger partial charge in [0.25, 0.3) is 5.91 Å². The van der Waals surface area contributed by atoms with Crippen LogP contribution in [-0.2, 0) is 9.59 Å². The molecule has 136 valence electrons. The molecule has 1 N–H and O–H groups in total. The second-order valence-electron chi connectivity index (χ2n) is 6.38. The lowest BCUT2D eigenvalue weighted by atomic mass is 10.1. The van der Waals surface area contributed by atoms with Gasteiger partial charge in [-0.05, 0) is 37.6 Å². The van der Waals surface area contributed by atoms with E-state index < -0.39 is 6.04 Å². The molecule has 27 heavy (non-hydrogen) atoms.